The summed E-state index contributed by atoms with van der Waals surface area (Å²) in [6, 6.07) is 0.469. The normalized spacial score (nSPS) is 29.0. The van der Waals surface area contributed by atoms with Gasteiger partial charge in [-0.15, -0.1) is 0 Å². The zero-order valence-electron chi connectivity index (χ0n) is 29.1. The van der Waals surface area contributed by atoms with Gasteiger partial charge in [0.1, 0.15) is 11.6 Å². The van der Waals surface area contributed by atoms with Crippen LogP contribution in [0.4, 0.5) is 5.95 Å². The molecule has 1 aromatic heterocycles. The number of aromatic nitrogens is 3. The van der Waals surface area contributed by atoms with E-state index in [1.165, 1.54) is 0 Å². The molecule has 4 N–H and O–H groups in total. The summed E-state index contributed by atoms with van der Waals surface area (Å²) in [5.41, 5.74) is -0.326. The van der Waals surface area contributed by atoms with E-state index in [9.17, 15) is 5.11 Å². The predicted octanol–water partition coefficient (Wildman–Crippen LogP) is 4.75. The molecule has 1 aromatic rings. The summed E-state index contributed by atoms with van der Waals surface area (Å²) in [5, 5.41) is 20.9. The summed E-state index contributed by atoms with van der Waals surface area (Å²) in [6.07, 6.45) is 6.64. The van der Waals surface area contributed by atoms with E-state index in [4.69, 9.17) is 15.0 Å². The van der Waals surface area contributed by atoms with Crippen LogP contribution in [0.1, 0.15) is 131 Å². The number of hydrogen-bond acceptors (Lipinski definition) is 9. The van der Waals surface area contributed by atoms with E-state index in [0.717, 1.165) is 63.3 Å². The molecule has 242 valence electrons. The fourth-order valence-corrected chi connectivity index (χ4v) is 7.78. The average molecular weight is 589 g/mol. The summed E-state index contributed by atoms with van der Waals surface area (Å²) in [6.45, 7) is 25.6. The number of anilines is 1. The Balaban J connectivity index is 2.19. The molecule has 4 atom stereocenters. The highest BCUT2D eigenvalue weighted by molar-refractivity contribution is 5.31. The number of piperidine rings is 2. The van der Waals surface area contributed by atoms with Crippen LogP contribution in [-0.2, 0) is 0 Å². The fourth-order valence-electron chi connectivity index (χ4n) is 7.78. The van der Waals surface area contributed by atoms with Crippen LogP contribution in [0.25, 0.3) is 0 Å². The molecule has 3 heterocycles. The van der Waals surface area contributed by atoms with Gasteiger partial charge in [-0.05, 0) is 108 Å². The number of aliphatic hydroxyl groups excluding tert-OH is 1. The summed E-state index contributed by atoms with van der Waals surface area (Å²) in [5.74, 6) is 2.39. The van der Waals surface area contributed by atoms with Crippen LogP contribution in [0.2, 0.25) is 0 Å². The van der Waals surface area contributed by atoms with Gasteiger partial charge in [-0.3, -0.25) is 9.80 Å². The molecule has 0 spiro atoms. The Morgan fingerprint density at radius 3 is 1.45 bits per heavy atom. The maximum atomic E-state index is 9.67. The van der Waals surface area contributed by atoms with Gasteiger partial charge in [0.25, 0.3) is 0 Å². The molecule has 2 saturated heterocycles. The highest BCUT2D eigenvalue weighted by Gasteiger charge is 2.54. The molecule has 2 fully saturated rings. The third-order valence-corrected chi connectivity index (χ3v) is 10.8. The largest absolute Gasteiger partial charge is 0.395 e. The Hall–Kier alpha value is -1.39. The molecule has 42 heavy (non-hydrogen) atoms. The highest BCUT2D eigenvalue weighted by Crippen LogP contribution is 2.48. The Morgan fingerprint density at radius 1 is 0.690 bits per heavy atom. The van der Waals surface area contributed by atoms with Gasteiger partial charge in [-0.2, -0.15) is 9.97 Å². The first-order valence-electron chi connectivity index (χ1n) is 16.6. The number of aliphatic hydroxyl groups is 1. The average Bonchev–Trinajstić information content (AvgIpc) is 2.89. The number of nitrogens with zero attached hydrogens (tertiary/aromatic N) is 5. The summed E-state index contributed by atoms with van der Waals surface area (Å²) in [4.78, 5) is 20.7. The standard InChI is InChI=1S/C33H64N8O/c1-13-15-17-34-23-21-30(3,4)40(11)32(7,8)25(23)27-37-28(39-29(38-27)36-19-20-42)26-24(35-18-16-14-2)22-31(5,6)41(12)33(26,9)10/h23-26,34-35,42H,13-22H2,1-12H3,(H,36,37,38,39). The molecule has 9 nitrogen and oxygen atoms in total. The molecule has 0 aromatic carbocycles. The molecule has 4 unspecified atom stereocenters. The monoisotopic (exact) mass is 589 g/mol. The highest BCUT2D eigenvalue weighted by atomic mass is 16.3. The zero-order chi connectivity index (χ0) is 31.5. The quantitative estimate of drug-likeness (QED) is 0.243. The van der Waals surface area contributed by atoms with E-state index < -0.39 is 0 Å². The van der Waals surface area contributed by atoms with Gasteiger partial charge in [0.2, 0.25) is 5.95 Å². The number of unbranched alkanes of at least 4 members (excludes halogenated alkanes) is 2. The summed E-state index contributed by atoms with van der Waals surface area (Å²) < 4.78 is 0. The van der Waals surface area contributed by atoms with E-state index in [-0.39, 0.29) is 52.7 Å². The van der Waals surface area contributed by atoms with Gasteiger partial charge in [-0.1, -0.05) is 26.7 Å². The van der Waals surface area contributed by atoms with E-state index >= 15 is 0 Å². The lowest BCUT2D eigenvalue weighted by Gasteiger charge is -2.58. The van der Waals surface area contributed by atoms with Crippen molar-refractivity contribution in [2.45, 2.75) is 154 Å². The smallest absolute Gasteiger partial charge is 0.226 e. The number of rotatable bonds is 13. The number of likely N-dealkylation sites (tertiary alicyclic amines) is 2. The van der Waals surface area contributed by atoms with Crippen molar-refractivity contribution in [1.29, 1.82) is 0 Å². The molecule has 0 aliphatic carbocycles. The van der Waals surface area contributed by atoms with Crippen molar-refractivity contribution < 1.29 is 5.11 Å². The Morgan fingerprint density at radius 2 is 1.10 bits per heavy atom. The lowest BCUT2D eigenvalue weighted by molar-refractivity contribution is -0.0411. The second-order valence-electron chi connectivity index (χ2n) is 15.3. The molecule has 0 bridgehead atoms. The van der Waals surface area contributed by atoms with Crippen molar-refractivity contribution >= 4 is 5.95 Å². The van der Waals surface area contributed by atoms with Crippen LogP contribution >= 0.6 is 0 Å². The van der Waals surface area contributed by atoms with Crippen LogP contribution in [0, 0.1) is 0 Å². The Bertz CT molecular complexity index is 938. The number of hydrogen-bond donors (Lipinski definition) is 4. The summed E-state index contributed by atoms with van der Waals surface area (Å²) >= 11 is 0. The minimum absolute atomic E-state index is 0.0242. The van der Waals surface area contributed by atoms with Gasteiger partial charge in [0, 0.05) is 40.8 Å². The van der Waals surface area contributed by atoms with Crippen molar-refractivity contribution in [2.24, 2.45) is 0 Å². The summed E-state index contributed by atoms with van der Waals surface area (Å²) in [7, 11) is 4.49. The molecular formula is C33H64N8O. The molecule has 2 aliphatic rings. The van der Waals surface area contributed by atoms with Crippen LogP contribution in [-0.4, -0.2) is 104 Å². The third-order valence-electron chi connectivity index (χ3n) is 10.8. The lowest BCUT2D eigenvalue weighted by Crippen LogP contribution is -2.67. The first-order valence-corrected chi connectivity index (χ1v) is 16.6. The van der Waals surface area contributed by atoms with E-state index in [1.807, 2.05) is 0 Å². The van der Waals surface area contributed by atoms with Gasteiger partial charge >= 0.3 is 0 Å². The van der Waals surface area contributed by atoms with Gasteiger partial charge in [-0.25, -0.2) is 4.98 Å². The number of nitrogens with one attached hydrogen (secondary N) is 3. The van der Waals surface area contributed by atoms with Crippen molar-refractivity contribution in [3.05, 3.63) is 11.6 Å². The molecule has 3 rings (SSSR count). The molecule has 0 saturated carbocycles. The van der Waals surface area contributed by atoms with Gasteiger partial charge in [0.05, 0.1) is 18.4 Å². The Labute approximate surface area is 257 Å². The predicted molar refractivity (Wildman–Crippen MR) is 175 cm³/mol. The molecule has 0 radical (unpaired) electrons. The minimum atomic E-state index is -0.196. The van der Waals surface area contributed by atoms with Crippen molar-refractivity contribution in [2.75, 3.05) is 45.7 Å². The fraction of sp³-hybridized carbons (Fsp3) is 0.909. The van der Waals surface area contributed by atoms with Crippen LogP contribution < -0.4 is 16.0 Å². The minimum Gasteiger partial charge on any atom is -0.395 e. The lowest BCUT2D eigenvalue weighted by atomic mass is 9.68. The van der Waals surface area contributed by atoms with Gasteiger partial charge in [0.15, 0.2) is 0 Å². The Kier molecular flexibility index (Phi) is 11.5. The van der Waals surface area contributed by atoms with Crippen molar-refractivity contribution in [3.8, 4) is 0 Å². The molecule has 2 aliphatic heterocycles. The third kappa shape index (κ3) is 7.28. The van der Waals surface area contributed by atoms with E-state index in [1.54, 1.807) is 0 Å². The second kappa shape index (κ2) is 13.7. The first kappa shape index (κ1) is 35.1. The SMILES string of the molecule is CCCCNC1CC(C)(C)N(C)C(C)(C)C1c1nc(NCCO)nc(C2C(NCCCC)CC(C)(C)N(C)C2(C)C)n1. The zero-order valence-corrected chi connectivity index (χ0v) is 29.1. The number of likely N-dealkylation sites (N-methyl/N-ethyl adjacent to an activating group) is 2. The molecule has 0 amide bonds. The maximum Gasteiger partial charge on any atom is 0.226 e. The molecule has 9 heteroatoms. The second-order valence-corrected chi connectivity index (χ2v) is 15.3. The molecular weight excluding hydrogens is 524 g/mol. The van der Waals surface area contributed by atoms with Crippen molar-refractivity contribution in [1.82, 2.24) is 35.4 Å². The topological polar surface area (TPSA) is 101 Å². The van der Waals surface area contributed by atoms with Crippen molar-refractivity contribution in [3.63, 3.8) is 0 Å². The van der Waals surface area contributed by atoms with E-state index in [0.29, 0.717) is 12.5 Å². The van der Waals surface area contributed by atoms with E-state index in [2.05, 4.69) is 109 Å². The first-order chi connectivity index (χ1) is 19.5. The van der Waals surface area contributed by atoms with Crippen LogP contribution in [0.3, 0.4) is 0 Å². The van der Waals surface area contributed by atoms with Crippen LogP contribution in [0.5, 0.6) is 0 Å². The maximum absolute atomic E-state index is 9.67. The van der Waals surface area contributed by atoms with Crippen LogP contribution in [0.15, 0.2) is 0 Å². The van der Waals surface area contributed by atoms with Gasteiger partial charge < -0.3 is 21.1 Å².